The van der Waals surface area contributed by atoms with Crippen LogP contribution in [0.5, 0.6) is 5.75 Å². The summed E-state index contributed by atoms with van der Waals surface area (Å²) in [5, 5.41) is 4.35. The first-order chi connectivity index (χ1) is 8.72. The summed E-state index contributed by atoms with van der Waals surface area (Å²) in [6, 6.07) is 9.89. The van der Waals surface area contributed by atoms with Gasteiger partial charge in [-0.3, -0.25) is 4.68 Å². The summed E-state index contributed by atoms with van der Waals surface area (Å²) in [4.78, 5) is 0. The van der Waals surface area contributed by atoms with Crippen molar-refractivity contribution in [2.45, 2.75) is 6.10 Å². The van der Waals surface area contributed by atoms with Gasteiger partial charge >= 0.3 is 0 Å². The average Bonchev–Trinajstić information content (AvgIpc) is 2.65. The van der Waals surface area contributed by atoms with Crippen LogP contribution < -0.4 is 10.5 Å². The van der Waals surface area contributed by atoms with E-state index in [0.717, 1.165) is 28.5 Å². The Morgan fingerprint density at radius 3 is 2.56 bits per heavy atom. The van der Waals surface area contributed by atoms with Gasteiger partial charge in [-0.25, -0.2) is 0 Å². The van der Waals surface area contributed by atoms with Crippen LogP contribution in [0.4, 0.5) is 5.82 Å². The Hall–Kier alpha value is -1.62. The summed E-state index contributed by atoms with van der Waals surface area (Å²) < 4.78 is 7.47. The predicted octanol–water partition coefficient (Wildman–Crippen LogP) is 2.16. The molecule has 1 saturated heterocycles. The third-order valence-electron chi connectivity index (χ3n) is 2.98. The maximum absolute atomic E-state index is 5.80. The number of nitrogens with two attached hydrogens (primary N) is 1. The number of nitrogen functional groups attached to an aromatic ring is 1. The Balaban J connectivity index is 1.77. The maximum Gasteiger partial charge on any atom is 0.121 e. The zero-order chi connectivity index (χ0) is 12.5. The number of aryl methyl sites for hydroxylation is 1. The largest absolute Gasteiger partial charge is 0.489 e. The van der Waals surface area contributed by atoms with Crippen molar-refractivity contribution in [3.63, 3.8) is 0 Å². The van der Waals surface area contributed by atoms with Crippen LogP contribution in [0, 0.1) is 0 Å². The molecule has 0 amide bonds. The smallest absolute Gasteiger partial charge is 0.121 e. The van der Waals surface area contributed by atoms with Gasteiger partial charge in [-0.15, -0.1) is 0 Å². The molecule has 5 heteroatoms. The van der Waals surface area contributed by atoms with Gasteiger partial charge in [0.25, 0.3) is 0 Å². The molecule has 0 radical (unpaired) electrons. The molecule has 1 aromatic carbocycles. The number of ether oxygens (including phenoxy) is 1. The molecule has 0 spiro atoms. The zero-order valence-corrected chi connectivity index (χ0v) is 11.0. The van der Waals surface area contributed by atoms with Crippen molar-refractivity contribution >= 4 is 17.6 Å². The van der Waals surface area contributed by atoms with Gasteiger partial charge in [-0.1, -0.05) is 0 Å². The summed E-state index contributed by atoms with van der Waals surface area (Å²) in [6.07, 6.45) is 0.381. The van der Waals surface area contributed by atoms with Crippen LogP contribution >= 0.6 is 11.8 Å². The molecular formula is C13H15N3OS. The molecule has 1 aliphatic heterocycles. The van der Waals surface area contributed by atoms with Gasteiger partial charge < -0.3 is 10.5 Å². The molecule has 4 nitrogen and oxygen atoms in total. The minimum atomic E-state index is 0.381. The van der Waals surface area contributed by atoms with E-state index in [1.54, 1.807) is 4.68 Å². The van der Waals surface area contributed by atoms with Crippen molar-refractivity contribution in [2.24, 2.45) is 7.05 Å². The van der Waals surface area contributed by atoms with E-state index in [9.17, 15) is 0 Å². The molecule has 0 saturated carbocycles. The van der Waals surface area contributed by atoms with E-state index < -0.39 is 0 Å². The highest BCUT2D eigenvalue weighted by atomic mass is 32.2. The Morgan fingerprint density at radius 2 is 2.06 bits per heavy atom. The van der Waals surface area contributed by atoms with E-state index in [1.165, 1.54) is 0 Å². The van der Waals surface area contributed by atoms with Crippen LogP contribution in [0.25, 0.3) is 11.3 Å². The minimum Gasteiger partial charge on any atom is -0.489 e. The topological polar surface area (TPSA) is 53.1 Å². The first kappa shape index (κ1) is 11.5. The lowest BCUT2D eigenvalue weighted by Gasteiger charge is -2.25. The fourth-order valence-electron chi connectivity index (χ4n) is 1.80. The normalized spacial score (nSPS) is 15.4. The van der Waals surface area contributed by atoms with Gasteiger partial charge in [0.1, 0.15) is 17.7 Å². The first-order valence-electron chi connectivity index (χ1n) is 5.87. The van der Waals surface area contributed by atoms with Crippen LogP contribution in [0.1, 0.15) is 0 Å². The summed E-state index contributed by atoms with van der Waals surface area (Å²) >= 11 is 1.92. The van der Waals surface area contributed by atoms with Crippen molar-refractivity contribution in [1.82, 2.24) is 9.78 Å². The van der Waals surface area contributed by atoms with Gasteiger partial charge in [-0.2, -0.15) is 16.9 Å². The number of rotatable bonds is 3. The highest BCUT2D eigenvalue weighted by Gasteiger charge is 2.19. The van der Waals surface area contributed by atoms with Gasteiger partial charge in [0, 0.05) is 30.2 Å². The second kappa shape index (κ2) is 4.57. The molecule has 1 fully saturated rings. The van der Waals surface area contributed by atoms with Gasteiger partial charge in [0.2, 0.25) is 0 Å². The molecule has 1 aromatic heterocycles. The predicted molar refractivity (Wildman–Crippen MR) is 74.8 cm³/mol. The van der Waals surface area contributed by atoms with Crippen LogP contribution in [-0.2, 0) is 7.05 Å². The van der Waals surface area contributed by atoms with E-state index in [1.807, 2.05) is 49.1 Å². The lowest BCUT2D eigenvalue weighted by Crippen LogP contribution is -2.30. The van der Waals surface area contributed by atoms with Crippen LogP contribution in [0.15, 0.2) is 30.3 Å². The second-order valence-corrected chi connectivity index (χ2v) is 5.45. The number of thioether (sulfide) groups is 1. The molecule has 1 aliphatic rings. The van der Waals surface area contributed by atoms with Gasteiger partial charge in [0.05, 0.1) is 5.69 Å². The van der Waals surface area contributed by atoms with Crippen LogP contribution in [-0.4, -0.2) is 27.4 Å². The molecule has 0 aliphatic carbocycles. The Morgan fingerprint density at radius 1 is 1.33 bits per heavy atom. The number of hydrogen-bond acceptors (Lipinski definition) is 4. The van der Waals surface area contributed by atoms with E-state index in [0.29, 0.717) is 11.9 Å². The lowest BCUT2D eigenvalue weighted by atomic mass is 10.1. The molecule has 2 aromatic rings. The maximum atomic E-state index is 5.80. The molecule has 3 rings (SSSR count). The number of aromatic nitrogens is 2. The van der Waals surface area contributed by atoms with Gasteiger partial charge in [-0.05, 0) is 24.3 Å². The molecule has 0 unspecified atom stereocenters. The average molecular weight is 261 g/mol. The molecule has 94 valence electrons. The summed E-state index contributed by atoms with van der Waals surface area (Å²) in [5.74, 6) is 3.78. The highest BCUT2D eigenvalue weighted by Crippen LogP contribution is 2.26. The van der Waals surface area contributed by atoms with E-state index in [-0.39, 0.29) is 0 Å². The second-order valence-electron chi connectivity index (χ2n) is 4.38. The Bertz CT molecular complexity index is 526. The monoisotopic (exact) mass is 261 g/mol. The Labute approximate surface area is 110 Å². The Kier molecular flexibility index (Phi) is 2.91. The quantitative estimate of drug-likeness (QED) is 0.920. The van der Waals surface area contributed by atoms with E-state index >= 15 is 0 Å². The summed E-state index contributed by atoms with van der Waals surface area (Å²) in [5.41, 5.74) is 7.72. The third-order valence-corrected chi connectivity index (χ3v) is 4.19. The molecule has 2 N–H and O–H groups in total. The number of hydrogen-bond donors (Lipinski definition) is 1. The fraction of sp³-hybridized carbons (Fsp3) is 0.308. The SMILES string of the molecule is Cn1nc(-c2ccc(OC3CSC3)cc2)cc1N. The standard InChI is InChI=1S/C13H15N3OS/c1-16-13(14)6-12(15-16)9-2-4-10(5-3-9)17-11-7-18-8-11/h2-6,11H,7-8,14H2,1H3. The molecule has 0 atom stereocenters. The van der Waals surface area contributed by atoms with E-state index in [4.69, 9.17) is 10.5 Å². The number of nitrogens with zero attached hydrogens (tertiary/aromatic N) is 2. The number of benzene rings is 1. The van der Waals surface area contributed by atoms with Crippen molar-refractivity contribution in [2.75, 3.05) is 17.2 Å². The molecule has 0 bridgehead atoms. The minimum absolute atomic E-state index is 0.381. The van der Waals surface area contributed by atoms with Crippen molar-refractivity contribution in [3.05, 3.63) is 30.3 Å². The summed E-state index contributed by atoms with van der Waals surface area (Å²) in [7, 11) is 1.84. The highest BCUT2D eigenvalue weighted by molar-refractivity contribution is 8.00. The van der Waals surface area contributed by atoms with Crippen LogP contribution in [0.3, 0.4) is 0 Å². The van der Waals surface area contributed by atoms with Crippen molar-refractivity contribution in [3.8, 4) is 17.0 Å². The van der Waals surface area contributed by atoms with Crippen molar-refractivity contribution in [1.29, 1.82) is 0 Å². The summed E-state index contributed by atoms with van der Waals surface area (Å²) in [6.45, 7) is 0. The third kappa shape index (κ3) is 2.18. The van der Waals surface area contributed by atoms with E-state index in [2.05, 4.69) is 5.10 Å². The molecular weight excluding hydrogens is 246 g/mol. The molecule has 18 heavy (non-hydrogen) atoms. The number of anilines is 1. The molecule has 2 heterocycles. The fourth-order valence-corrected chi connectivity index (χ4v) is 2.37. The zero-order valence-electron chi connectivity index (χ0n) is 10.2. The first-order valence-corrected chi connectivity index (χ1v) is 7.02. The van der Waals surface area contributed by atoms with Crippen molar-refractivity contribution < 1.29 is 4.74 Å². The van der Waals surface area contributed by atoms with Crippen LogP contribution in [0.2, 0.25) is 0 Å². The lowest BCUT2D eigenvalue weighted by molar-refractivity contribution is 0.240. The van der Waals surface area contributed by atoms with Gasteiger partial charge in [0.15, 0.2) is 0 Å².